The van der Waals surface area contributed by atoms with E-state index >= 15 is 0 Å². The minimum Gasteiger partial charge on any atom is -0.302 e. The third-order valence-corrected chi connectivity index (χ3v) is 4.60. The van der Waals surface area contributed by atoms with Gasteiger partial charge in [0.2, 0.25) is 5.91 Å². The number of carbonyl (C=O) groups is 2. The Morgan fingerprint density at radius 2 is 1.85 bits per heavy atom. The molecule has 0 spiro atoms. The maximum absolute atomic E-state index is 12.0. The van der Waals surface area contributed by atoms with Crippen molar-refractivity contribution in [3.63, 3.8) is 0 Å². The summed E-state index contributed by atoms with van der Waals surface area (Å²) in [6.07, 6.45) is 7.27. The minimum absolute atomic E-state index is 0.0504. The van der Waals surface area contributed by atoms with Gasteiger partial charge in [-0.2, -0.15) is 0 Å². The van der Waals surface area contributed by atoms with Crippen LogP contribution in [-0.4, -0.2) is 21.9 Å². The highest BCUT2D eigenvalue weighted by molar-refractivity contribution is 7.80. The molecule has 9 heteroatoms. The number of rotatable bonds is 5. The Morgan fingerprint density at radius 3 is 2.54 bits per heavy atom. The van der Waals surface area contributed by atoms with Crippen molar-refractivity contribution in [2.24, 2.45) is 5.92 Å². The molecule has 0 unspecified atom stereocenters. The standard InChI is InChI=1S/C17H22N4O4S/c22-15(11-10-12-6-2-1-3-7-12)18-17(26)20-19-16(23)13-8-4-5-9-14(13)21(24)25/h4-5,8-9,12H,1-3,6-7,10-11H2,(H,19,23)(H2,18,20,22,26). The molecule has 1 aromatic carbocycles. The van der Waals surface area contributed by atoms with Crippen molar-refractivity contribution in [3.05, 3.63) is 39.9 Å². The zero-order chi connectivity index (χ0) is 18.9. The van der Waals surface area contributed by atoms with Gasteiger partial charge in [-0.05, 0) is 30.6 Å². The number of para-hydroxylation sites is 1. The summed E-state index contributed by atoms with van der Waals surface area (Å²) in [6.45, 7) is 0. The van der Waals surface area contributed by atoms with Crippen molar-refractivity contribution in [3.8, 4) is 0 Å². The smallest absolute Gasteiger partial charge is 0.282 e. The number of thiocarbonyl (C=S) groups is 1. The summed E-state index contributed by atoms with van der Waals surface area (Å²) < 4.78 is 0. The fourth-order valence-electron chi connectivity index (χ4n) is 3.04. The second kappa shape index (κ2) is 9.81. The van der Waals surface area contributed by atoms with Gasteiger partial charge in [-0.25, -0.2) is 0 Å². The first-order chi connectivity index (χ1) is 12.5. The normalized spacial score (nSPS) is 14.3. The number of amides is 2. The summed E-state index contributed by atoms with van der Waals surface area (Å²) in [4.78, 5) is 34.3. The molecule has 0 atom stereocenters. The first-order valence-electron chi connectivity index (χ1n) is 8.61. The predicted octanol–water partition coefficient (Wildman–Crippen LogP) is 2.59. The van der Waals surface area contributed by atoms with Gasteiger partial charge in [0.1, 0.15) is 5.56 Å². The SMILES string of the molecule is O=C(CCC1CCCCC1)NC(=S)NNC(=O)c1ccccc1[N+](=O)[O-]. The highest BCUT2D eigenvalue weighted by Gasteiger charge is 2.19. The number of carbonyl (C=O) groups excluding carboxylic acids is 2. The molecule has 3 N–H and O–H groups in total. The fourth-order valence-corrected chi connectivity index (χ4v) is 3.20. The highest BCUT2D eigenvalue weighted by atomic mass is 32.1. The van der Waals surface area contributed by atoms with Crippen LogP contribution in [0.4, 0.5) is 5.69 Å². The van der Waals surface area contributed by atoms with Gasteiger partial charge in [-0.15, -0.1) is 0 Å². The molecule has 8 nitrogen and oxygen atoms in total. The van der Waals surface area contributed by atoms with Gasteiger partial charge in [0.25, 0.3) is 11.6 Å². The summed E-state index contributed by atoms with van der Waals surface area (Å²) in [5, 5.41) is 13.4. The van der Waals surface area contributed by atoms with Crippen molar-refractivity contribution in [1.82, 2.24) is 16.2 Å². The summed E-state index contributed by atoms with van der Waals surface area (Å²) >= 11 is 4.96. The van der Waals surface area contributed by atoms with Crippen molar-refractivity contribution in [2.75, 3.05) is 0 Å². The third-order valence-electron chi connectivity index (χ3n) is 4.39. The topological polar surface area (TPSA) is 113 Å². The largest absolute Gasteiger partial charge is 0.302 e. The highest BCUT2D eigenvalue weighted by Crippen LogP contribution is 2.27. The molecule has 1 aliphatic carbocycles. The Balaban J connectivity index is 1.75. The molecule has 1 saturated carbocycles. The molecule has 0 aromatic heterocycles. The van der Waals surface area contributed by atoms with Crippen molar-refractivity contribution >= 4 is 34.8 Å². The van der Waals surface area contributed by atoms with Crippen LogP contribution >= 0.6 is 12.2 Å². The first kappa shape index (κ1) is 19.8. The van der Waals surface area contributed by atoms with Crippen LogP contribution in [0.3, 0.4) is 0 Å². The Morgan fingerprint density at radius 1 is 1.15 bits per heavy atom. The lowest BCUT2D eigenvalue weighted by molar-refractivity contribution is -0.385. The first-order valence-corrected chi connectivity index (χ1v) is 9.02. The monoisotopic (exact) mass is 378 g/mol. The van der Waals surface area contributed by atoms with E-state index in [0.29, 0.717) is 12.3 Å². The zero-order valence-electron chi connectivity index (χ0n) is 14.3. The minimum atomic E-state index is -0.712. The molecule has 1 fully saturated rings. The maximum Gasteiger partial charge on any atom is 0.282 e. The second-order valence-corrected chi connectivity index (χ2v) is 6.68. The van der Waals surface area contributed by atoms with Gasteiger partial charge >= 0.3 is 0 Å². The van der Waals surface area contributed by atoms with Crippen molar-refractivity contribution < 1.29 is 14.5 Å². The van der Waals surface area contributed by atoms with Gasteiger partial charge in [0, 0.05) is 12.5 Å². The molecule has 26 heavy (non-hydrogen) atoms. The van der Waals surface area contributed by atoms with Crippen LogP contribution < -0.4 is 16.2 Å². The van der Waals surface area contributed by atoms with E-state index < -0.39 is 10.8 Å². The van der Waals surface area contributed by atoms with Crippen molar-refractivity contribution in [1.29, 1.82) is 0 Å². The molecule has 0 bridgehead atoms. The summed E-state index contributed by atoms with van der Waals surface area (Å²) in [6, 6.07) is 5.56. The van der Waals surface area contributed by atoms with Gasteiger partial charge in [0.05, 0.1) is 4.92 Å². The number of nitrogens with one attached hydrogen (secondary N) is 3. The molecule has 140 valence electrons. The number of nitrogens with zero attached hydrogens (tertiary/aromatic N) is 1. The molecule has 2 amide bonds. The zero-order valence-corrected chi connectivity index (χ0v) is 15.1. The van der Waals surface area contributed by atoms with E-state index in [1.165, 1.54) is 56.4 Å². The van der Waals surface area contributed by atoms with Crippen LogP contribution in [0.1, 0.15) is 55.3 Å². The molecule has 1 aliphatic rings. The van der Waals surface area contributed by atoms with Crippen LogP contribution in [-0.2, 0) is 4.79 Å². The Hall–Kier alpha value is -2.55. The van der Waals surface area contributed by atoms with Gasteiger partial charge < -0.3 is 5.32 Å². The molecule has 0 heterocycles. The van der Waals surface area contributed by atoms with E-state index in [-0.39, 0.29) is 22.3 Å². The molecular weight excluding hydrogens is 356 g/mol. The number of nitro groups is 1. The summed E-state index contributed by atoms with van der Waals surface area (Å²) in [7, 11) is 0. The lowest BCUT2D eigenvalue weighted by atomic mass is 9.86. The molecule has 0 aliphatic heterocycles. The molecule has 1 aromatic rings. The fraction of sp³-hybridized carbons (Fsp3) is 0.471. The van der Waals surface area contributed by atoms with Crippen LogP contribution in [0.5, 0.6) is 0 Å². The Labute approximate surface area is 156 Å². The van der Waals surface area contributed by atoms with Gasteiger partial charge in [0.15, 0.2) is 5.11 Å². The number of hydrogen-bond donors (Lipinski definition) is 3. The van der Waals surface area contributed by atoms with Crippen molar-refractivity contribution in [2.45, 2.75) is 44.9 Å². The average molecular weight is 378 g/mol. The number of hydrogen-bond acceptors (Lipinski definition) is 5. The van der Waals surface area contributed by atoms with E-state index in [2.05, 4.69) is 16.2 Å². The summed E-state index contributed by atoms with van der Waals surface area (Å²) in [5.74, 6) is -0.335. The Kier molecular flexibility index (Phi) is 7.46. The number of hydrazine groups is 1. The molecule has 0 radical (unpaired) electrons. The van der Waals surface area contributed by atoms with Crippen LogP contribution in [0.25, 0.3) is 0 Å². The Bertz CT molecular complexity index is 689. The second-order valence-electron chi connectivity index (χ2n) is 6.27. The van der Waals surface area contributed by atoms with E-state index in [4.69, 9.17) is 12.2 Å². The van der Waals surface area contributed by atoms with E-state index in [1.807, 2.05) is 0 Å². The van der Waals surface area contributed by atoms with Gasteiger partial charge in [-0.3, -0.25) is 30.6 Å². The van der Waals surface area contributed by atoms with Crippen LogP contribution in [0, 0.1) is 16.0 Å². The molecule has 0 saturated heterocycles. The predicted molar refractivity (Wildman–Crippen MR) is 100 cm³/mol. The maximum atomic E-state index is 12.0. The lowest BCUT2D eigenvalue weighted by Gasteiger charge is -2.21. The van der Waals surface area contributed by atoms with Crippen LogP contribution in [0.2, 0.25) is 0 Å². The van der Waals surface area contributed by atoms with Crippen LogP contribution in [0.15, 0.2) is 24.3 Å². The summed E-state index contributed by atoms with van der Waals surface area (Å²) in [5.41, 5.74) is 4.24. The van der Waals surface area contributed by atoms with E-state index in [9.17, 15) is 19.7 Å². The van der Waals surface area contributed by atoms with E-state index in [0.717, 1.165) is 6.42 Å². The lowest BCUT2D eigenvalue weighted by Crippen LogP contribution is -2.48. The molecule has 2 rings (SSSR count). The molecular formula is C17H22N4O4S. The number of nitro benzene ring substituents is 1. The average Bonchev–Trinajstić information content (AvgIpc) is 2.65. The number of benzene rings is 1. The third kappa shape index (κ3) is 6.07. The van der Waals surface area contributed by atoms with E-state index in [1.54, 1.807) is 0 Å². The quantitative estimate of drug-likeness (QED) is 0.412. The van der Waals surface area contributed by atoms with Gasteiger partial charge in [-0.1, -0.05) is 44.2 Å².